The van der Waals surface area contributed by atoms with Gasteiger partial charge in [-0.1, -0.05) is 12.1 Å². The molecule has 1 aliphatic rings. The summed E-state index contributed by atoms with van der Waals surface area (Å²) >= 11 is 0. The molecule has 1 N–H and O–H groups in total. The Morgan fingerprint density at radius 2 is 1.88 bits per heavy atom. The van der Waals surface area contributed by atoms with Gasteiger partial charge in [0.1, 0.15) is 35.7 Å². The number of aliphatic hydroxyl groups is 1. The molecule has 2 atom stereocenters. The second-order valence-electron chi connectivity index (χ2n) is 8.09. The number of rotatable bonds is 7. The van der Waals surface area contributed by atoms with Gasteiger partial charge in [0.05, 0.1) is 18.8 Å². The fourth-order valence-electron chi connectivity index (χ4n) is 4.16. The molecule has 0 spiro atoms. The summed E-state index contributed by atoms with van der Waals surface area (Å²) in [6.07, 6.45) is 3.04. The van der Waals surface area contributed by atoms with Crippen LogP contribution >= 0.6 is 0 Å². The molecule has 0 saturated carbocycles. The topological polar surface area (TPSA) is 63.4 Å². The van der Waals surface area contributed by atoms with Gasteiger partial charge in [-0.3, -0.25) is 0 Å². The van der Waals surface area contributed by atoms with Crippen LogP contribution in [0.5, 0.6) is 0 Å². The number of aromatic nitrogens is 3. The molecule has 32 heavy (non-hydrogen) atoms. The first kappa shape index (κ1) is 22.3. The van der Waals surface area contributed by atoms with Crippen LogP contribution in [0.4, 0.5) is 18.9 Å². The van der Waals surface area contributed by atoms with Crippen LogP contribution in [0.3, 0.4) is 0 Å². The maximum Gasteiger partial charge on any atom is 0.138 e. The zero-order valence-electron chi connectivity index (χ0n) is 17.7. The van der Waals surface area contributed by atoms with E-state index in [2.05, 4.69) is 15.0 Å². The third-order valence-electron chi connectivity index (χ3n) is 5.95. The predicted octanol–water partition coefficient (Wildman–Crippen LogP) is 3.66. The summed E-state index contributed by atoms with van der Waals surface area (Å²) in [6.45, 7) is 2.87. The number of anilines is 1. The van der Waals surface area contributed by atoms with E-state index in [-0.39, 0.29) is 24.0 Å². The first-order valence-corrected chi connectivity index (χ1v) is 10.5. The number of hydrogen-bond acceptors (Lipinski definition) is 5. The van der Waals surface area contributed by atoms with Gasteiger partial charge in [-0.2, -0.15) is 5.10 Å². The van der Waals surface area contributed by atoms with E-state index >= 15 is 0 Å². The van der Waals surface area contributed by atoms with Crippen LogP contribution in [0, 0.1) is 17.5 Å². The third kappa shape index (κ3) is 4.78. The molecule has 2 heterocycles. The van der Waals surface area contributed by atoms with Gasteiger partial charge in [0, 0.05) is 30.4 Å². The van der Waals surface area contributed by atoms with Crippen molar-refractivity contribution in [2.75, 3.05) is 18.0 Å². The van der Waals surface area contributed by atoms with Crippen LogP contribution < -0.4 is 4.90 Å². The van der Waals surface area contributed by atoms with Gasteiger partial charge < -0.3 is 14.7 Å². The summed E-state index contributed by atoms with van der Waals surface area (Å²) in [5.41, 5.74) is -1.06. The van der Waals surface area contributed by atoms with Crippen LogP contribution in [0.15, 0.2) is 55.1 Å². The van der Waals surface area contributed by atoms with Crippen LogP contribution in [0.25, 0.3) is 0 Å². The van der Waals surface area contributed by atoms with Crippen LogP contribution in [0.2, 0.25) is 0 Å². The van der Waals surface area contributed by atoms with Crippen molar-refractivity contribution >= 4 is 5.69 Å². The number of ether oxygens (including phenoxy) is 1. The smallest absolute Gasteiger partial charge is 0.138 e. The Bertz CT molecular complexity index is 1040. The second kappa shape index (κ2) is 9.30. The lowest BCUT2D eigenvalue weighted by molar-refractivity contribution is -0.145. The molecule has 1 aromatic heterocycles. The zero-order chi connectivity index (χ0) is 22.7. The van der Waals surface area contributed by atoms with Gasteiger partial charge in [0.25, 0.3) is 0 Å². The number of benzene rings is 2. The molecular formula is C23H25F3N4O2. The molecule has 0 radical (unpaired) electrons. The van der Waals surface area contributed by atoms with Crippen LogP contribution in [-0.2, 0) is 16.9 Å². The van der Waals surface area contributed by atoms with Gasteiger partial charge in [-0.25, -0.2) is 22.8 Å². The predicted molar refractivity (Wildman–Crippen MR) is 112 cm³/mol. The van der Waals surface area contributed by atoms with E-state index in [0.29, 0.717) is 25.9 Å². The normalized spacial score (nSPS) is 17.8. The van der Waals surface area contributed by atoms with Crippen molar-refractivity contribution in [3.05, 3.63) is 78.1 Å². The lowest BCUT2D eigenvalue weighted by Gasteiger charge is -2.39. The van der Waals surface area contributed by atoms with Crippen molar-refractivity contribution in [1.29, 1.82) is 0 Å². The quantitative estimate of drug-likeness (QED) is 0.600. The molecular weight excluding hydrogens is 421 g/mol. The van der Waals surface area contributed by atoms with E-state index in [1.54, 1.807) is 13.0 Å². The minimum Gasteiger partial charge on any atom is -0.380 e. The Hall–Kier alpha value is -2.91. The van der Waals surface area contributed by atoms with Crippen molar-refractivity contribution in [1.82, 2.24) is 14.8 Å². The average Bonchev–Trinajstić information content (AvgIpc) is 3.27. The lowest BCUT2D eigenvalue weighted by Crippen LogP contribution is -2.47. The van der Waals surface area contributed by atoms with Crippen LogP contribution in [0.1, 0.15) is 25.3 Å². The zero-order valence-corrected chi connectivity index (χ0v) is 17.7. The van der Waals surface area contributed by atoms with Crippen LogP contribution in [-0.4, -0.2) is 45.2 Å². The van der Waals surface area contributed by atoms with Gasteiger partial charge in [0.15, 0.2) is 0 Å². The summed E-state index contributed by atoms with van der Waals surface area (Å²) in [5, 5.41) is 15.6. The minimum absolute atomic E-state index is 0.0703. The SMILES string of the molecule is C[C@@H](OC1CCN(c2cccc(F)c2)CC1)[C@](O)(Cn1cncn1)c1ccc(F)cc1F. The van der Waals surface area contributed by atoms with Crippen molar-refractivity contribution in [2.24, 2.45) is 0 Å². The summed E-state index contributed by atoms with van der Waals surface area (Å²) in [5.74, 6) is -1.87. The summed E-state index contributed by atoms with van der Waals surface area (Å²) < 4.78 is 49.2. The van der Waals surface area contributed by atoms with Crippen molar-refractivity contribution < 1.29 is 23.0 Å². The fraction of sp³-hybridized carbons (Fsp3) is 0.391. The molecule has 0 bridgehead atoms. The Balaban J connectivity index is 1.49. The highest BCUT2D eigenvalue weighted by Crippen LogP contribution is 2.33. The first-order chi connectivity index (χ1) is 15.3. The molecule has 1 saturated heterocycles. The monoisotopic (exact) mass is 446 g/mol. The largest absolute Gasteiger partial charge is 0.380 e. The second-order valence-corrected chi connectivity index (χ2v) is 8.09. The van der Waals surface area contributed by atoms with E-state index in [1.807, 2.05) is 6.07 Å². The Labute approximate surface area is 184 Å². The van der Waals surface area contributed by atoms with Gasteiger partial charge in [0.2, 0.25) is 0 Å². The fourth-order valence-corrected chi connectivity index (χ4v) is 4.16. The maximum atomic E-state index is 14.6. The molecule has 4 rings (SSSR count). The molecule has 0 amide bonds. The molecule has 1 fully saturated rings. The molecule has 6 nitrogen and oxygen atoms in total. The Morgan fingerprint density at radius 1 is 1.12 bits per heavy atom. The van der Waals surface area contributed by atoms with E-state index in [4.69, 9.17) is 4.74 Å². The molecule has 0 unspecified atom stereocenters. The molecule has 3 aromatic rings. The average molecular weight is 446 g/mol. The van der Waals surface area contributed by atoms with Crippen molar-refractivity contribution in [3.8, 4) is 0 Å². The van der Waals surface area contributed by atoms with Gasteiger partial charge >= 0.3 is 0 Å². The highest BCUT2D eigenvalue weighted by atomic mass is 19.1. The maximum absolute atomic E-state index is 14.6. The number of halogens is 3. The van der Waals surface area contributed by atoms with E-state index < -0.39 is 23.3 Å². The number of hydrogen-bond donors (Lipinski definition) is 1. The molecule has 0 aliphatic carbocycles. The molecule has 2 aromatic carbocycles. The Morgan fingerprint density at radius 3 is 2.53 bits per heavy atom. The highest BCUT2D eigenvalue weighted by Gasteiger charge is 2.41. The summed E-state index contributed by atoms with van der Waals surface area (Å²) in [4.78, 5) is 5.95. The number of piperidine rings is 1. The highest BCUT2D eigenvalue weighted by molar-refractivity contribution is 5.46. The lowest BCUT2D eigenvalue weighted by atomic mass is 9.87. The minimum atomic E-state index is -1.80. The van der Waals surface area contributed by atoms with Crippen molar-refractivity contribution in [2.45, 2.75) is 44.1 Å². The van der Waals surface area contributed by atoms with Gasteiger partial charge in [-0.15, -0.1) is 0 Å². The Kier molecular flexibility index (Phi) is 6.48. The van der Waals surface area contributed by atoms with E-state index in [0.717, 1.165) is 17.8 Å². The molecule has 1 aliphatic heterocycles. The van der Waals surface area contributed by atoms with E-state index in [9.17, 15) is 18.3 Å². The molecule has 170 valence electrons. The van der Waals surface area contributed by atoms with Crippen molar-refractivity contribution in [3.63, 3.8) is 0 Å². The van der Waals surface area contributed by atoms with Gasteiger partial charge in [-0.05, 0) is 44.0 Å². The standard InChI is InChI=1S/C23H25F3N4O2/c1-16(32-20-7-9-29(10-8-20)19-4-2-3-17(24)11-19)23(31,13-30-15-27-14-28-30)21-6-5-18(25)12-22(21)26/h2-6,11-12,14-16,20,31H,7-10,13H2,1H3/t16-,23-/m1/s1. The third-order valence-corrected chi connectivity index (χ3v) is 5.95. The summed E-state index contributed by atoms with van der Waals surface area (Å²) in [6, 6.07) is 9.52. The first-order valence-electron chi connectivity index (χ1n) is 10.5. The molecule has 9 heteroatoms. The summed E-state index contributed by atoms with van der Waals surface area (Å²) in [7, 11) is 0. The number of nitrogens with zero attached hydrogens (tertiary/aromatic N) is 4. The van der Waals surface area contributed by atoms with E-state index in [1.165, 1.54) is 35.5 Å².